The number of carbonyl (C=O) groups is 1. The zero-order chi connectivity index (χ0) is 17.3. The monoisotopic (exact) mass is 330 g/mol. The molecule has 1 aromatic heterocycles. The molecule has 0 saturated carbocycles. The third kappa shape index (κ3) is 3.53. The van der Waals surface area contributed by atoms with Gasteiger partial charge in [0, 0.05) is 30.7 Å². The van der Waals surface area contributed by atoms with Gasteiger partial charge in [0.25, 0.3) is 0 Å². The summed E-state index contributed by atoms with van der Waals surface area (Å²) in [6.07, 6.45) is 3.95. The highest BCUT2D eigenvalue weighted by Gasteiger charge is 2.29. The molecule has 3 rings (SSSR count). The predicted octanol–water partition coefficient (Wildman–Crippen LogP) is 2.83. The Kier molecular flexibility index (Phi) is 4.49. The molecule has 24 heavy (non-hydrogen) atoms. The normalized spacial score (nSPS) is 19.5. The standard InChI is InChI=1S/C18H26N4O2/c1-18(2,3)17(23)24-21-9-5-6-13(11-21)12-22-16-8-4-7-15(19)14(16)10-20-22/h4,7-8,10,13H,5-6,9,11-12,19H2,1-3H3. The molecular formula is C18H26N4O2. The molecule has 2 N–H and O–H groups in total. The number of anilines is 1. The summed E-state index contributed by atoms with van der Waals surface area (Å²) in [7, 11) is 0. The Balaban J connectivity index is 1.67. The van der Waals surface area contributed by atoms with Crippen LogP contribution in [0.4, 0.5) is 5.69 Å². The highest BCUT2D eigenvalue weighted by Crippen LogP contribution is 2.25. The van der Waals surface area contributed by atoms with Gasteiger partial charge in [-0.05, 0) is 51.7 Å². The number of nitrogens with zero attached hydrogens (tertiary/aromatic N) is 3. The molecule has 6 nitrogen and oxygen atoms in total. The van der Waals surface area contributed by atoms with Crippen LogP contribution < -0.4 is 5.73 Å². The van der Waals surface area contributed by atoms with Crippen molar-refractivity contribution < 1.29 is 9.63 Å². The smallest absolute Gasteiger partial charge is 0.330 e. The first-order chi connectivity index (χ1) is 11.3. The Hall–Kier alpha value is -2.08. The van der Waals surface area contributed by atoms with Crippen molar-refractivity contribution in [1.29, 1.82) is 0 Å². The number of carbonyl (C=O) groups excluding carboxylic acids is 1. The lowest BCUT2D eigenvalue weighted by Gasteiger charge is -2.32. The van der Waals surface area contributed by atoms with E-state index in [0.717, 1.165) is 49.1 Å². The lowest BCUT2D eigenvalue weighted by atomic mass is 9.97. The van der Waals surface area contributed by atoms with Gasteiger partial charge in [0.2, 0.25) is 0 Å². The van der Waals surface area contributed by atoms with E-state index in [9.17, 15) is 4.79 Å². The summed E-state index contributed by atoms with van der Waals surface area (Å²) in [4.78, 5) is 17.6. The number of piperidine rings is 1. The van der Waals surface area contributed by atoms with Gasteiger partial charge in [-0.3, -0.25) is 4.68 Å². The number of hydrogen-bond acceptors (Lipinski definition) is 5. The summed E-state index contributed by atoms with van der Waals surface area (Å²) >= 11 is 0. The summed E-state index contributed by atoms with van der Waals surface area (Å²) in [5.41, 5.74) is 7.33. The molecule has 0 aliphatic carbocycles. The number of rotatable bonds is 3. The third-order valence-corrected chi connectivity index (χ3v) is 4.46. The highest BCUT2D eigenvalue weighted by atomic mass is 16.7. The summed E-state index contributed by atoms with van der Waals surface area (Å²) in [5, 5.41) is 7.28. The average molecular weight is 330 g/mol. The third-order valence-electron chi connectivity index (χ3n) is 4.46. The zero-order valence-corrected chi connectivity index (χ0v) is 14.7. The Morgan fingerprint density at radius 2 is 2.21 bits per heavy atom. The van der Waals surface area contributed by atoms with E-state index in [1.54, 1.807) is 0 Å². The molecule has 1 aliphatic rings. The second-order valence-electron chi connectivity index (χ2n) is 7.63. The fourth-order valence-corrected chi connectivity index (χ4v) is 3.03. The van der Waals surface area contributed by atoms with Crippen molar-refractivity contribution in [3.63, 3.8) is 0 Å². The fourth-order valence-electron chi connectivity index (χ4n) is 3.03. The van der Waals surface area contributed by atoms with E-state index in [1.807, 2.05) is 54.9 Å². The minimum absolute atomic E-state index is 0.180. The van der Waals surface area contributed by atoms with Crippen molar-refractivity contribution in [1.82, 2.24) is 14.8 Å². The summed E-state index contributed by atoms with van der Waals surface area (Å²) in [6.45, 7) is 7.96. The maximum Gasteiger partial charge on any atom is 0.330 e. The molecule has 130 valence electrons. The van der Waals surface area contributed by atoms with Gasteiger partial charge in [-0.1, -0.05) is 6.07 Å². The van der Waals surface area contributed by atoms with Crippen molar-refractivity contribution in [3.8, 4) is 0 Å². The Labute approximate surface area is 142 Å². The van der Waals surface area contributed by atoms with Crippen LogP contribution in [0.1, 0.15) is 33.6 Å². The van der Waals surface area contributed by atoms with Crippen LogP contribution in [-0.2, 0) is 16.2 Å². The maximum absolute atomic E-state index is 12.1. The topological polar surface area (TPSA) is 73.4 Å². The first-order valence-electron chi connectivity index (χ1n) is 8.52. The van der Waals surface area contributed by atoms with E-state index >= 15 is 0 Å². The van der Waals surface area contributed by atoms with Crippen LogP contribution in [0.15, 0.2) is 24.4 Å². The van der Waals surface area contributed by atoms with E-state index in [0.29, 0.717) is 5.92 Å². The van der Waals surface area contributed by atoms with Crippen LogP contribution in [0.3, 0.4) is 0 Å². The molecule has 0 bridgehead atoms. The van der Waals surface area contributed by atoms with Gasteiger partial charge >= 0.3 is 5.97 Å². The van der Waals surface area contributed by atoms with Gasteiger partial charge < -0.3 is 10.6 Å². The van der Waals surface area contributed by atoms with Gasteiger partial charge in [0.15, 0.2) is 0 Å². The van der Waals surface area contributed by atoms with Gasteiger partial charge in [-0.2, -0.15) is 5.10 Å². The number of benzene rings is 1. The number of nitrogens with two attached hydrogens (primary N) is 1. The molecule has 1 atom stereocenters. The van der Waals surface area contributed by atoms with Crippen LogP contribution >= 0.6 is 0 Å². The van der Waals surface area contributed by atoms with E-state index in [4.69, 9.17) is 10.6 Å². The van der Waals surface area contributed by atoms with Crippen LogP contribution in [0.25, 0.3) is 10.9 Å². The summed E-state index contributed by atoms with van der Waals surface area (Å²) in [5.74, 6) is 0.219. The predicted molar refractivity (Wildman–Crippen MR) is 94.0 cm³/mol. The molecule has 6 heteroatoms. The SMILES string of the molecule is CC(C)(C)C(=O)ON1CCCC(Cn2ncc3c(N)cccc32)C1. The van der Waals surface area contributed by atoms with Crippen molar-refractivity contribution in [2.45, 2.75) is 40.2 Å². The van der Waals surface area contributed by atoms with Crippen molar-refractivity contribution in [2.75, 3.05) is 18.8 Å². The maximum atomic E-state index is 12.1. The first-order valence-corrected chi connectivity index (χ1v) is 8.52. The van der Waals surface area contributed by atoms with Crippen LogP contribution in [0.5, 0.6) is 0 Å². The van der Waals surface area contributed by atoms with Crippen molar-refractivity contribution in [2.24, 2.45) is 11.3 Å². The molecular weight excluding hydrogens is 304 g/mol. The van der Waals surface area contributed by atoms with Crippen molar-refractivity contribution >= 4 is 22.6 Å². The molecule has 0 radical (unpaired) electrons. The highest BCUT2D eigenvalue weighted by molar-refractivity contribution is 5.90. The minimum Gasteiger partial charge on any atom is -0.398 e. The second kappa shape index (κ2) is 6.43. The molecule has 1 aromatic carbocycles. The Morgan fingerprint density at radius 1 is 1.42 bits per heavy atom. The van der Waals surface area contributed by atoms with E-state index in [-0.39, 0.29) is 5.97 Å². The number of aromatic nitrogens is 2. The molecule has 0 spiro atoms. The molecule has 1 aliphatic heterocycles. The van der Waals surface area contributed by atoms with Gasteiger partial charge in [-0.25, -0.2) is 4.79 Å². The van der Waals surface area contributed by atoms with Gasteiger partial charge in [-0.15, -0.1) is 5.06 Å². The Morgan fingerprint density at radius 3 is 2.96 bits per heavy atom. The summed E-state index contributed by atoms with van der Waals surface area (Å²) in [6, 6.07) is 5.88. The zero-order valence-electron chi connectivity index (χ0n) is 14.7. The average Bonchev–Trinajstić information content (AvgIpc) is 2.91. The Bertz CT molecular complexity index is 732. The number of nitrogen functional groups attached to an aromatic ring is 1. The first kappa shape index (κ1) is 16.8. The van der Waals surface area contributed by atoms with Crippen LogP contribution in [0.2, 0.25) is 0 Å². The summed E-state index contributed by atoms with van der Waals surface area (Å²) < 4.78 is 2.01. The number of hydrogen-bond donors (Lipinski definition) is 1. The van der Waals surface area contributed by atoms with Gasteiger partial charge in [0.05, 0.1) is 17.1 Å². The fraction of sp³-hybridized carbons (Fsp3) is 0.556. The van der Waals surface area contributed by atoms with Crippen molar-refractivity contribution in [3.05, 3.63) is 24.4 Å². The van der Waals surface area contributed by atoms with E-state index in [1.165, 1.54) is 0 Å². The van der Waals surface area contributed by atoms with Crippen LogP contribution in [-0.4, -0.2) is 33.9 Å². The largest absolute Gasteiger partial charge is 0.398 e. The van der Waals surface area contributed by atoms with Gasteiger partial charge in [0.1, 0.15) is 0 Å². The molecule has 0 amide bonds. The molecule has 1 fully saturated rings. The molecule has 2 heterocycles. The van der Waals surface area contributed by atoms with E-state index < -0.39 is 5.41 Å². The minimum atomic E-state index is -0.483. The lowest BCUT2D eigenvalue weighted by molar-refractivity contribution is -0.208. The number of hydroxylamine groups is 2. The quantitative estimate of drug-likeness (QED) is 0.876. The second-order valence-corrected chi connectivity index (χ2v) is 7.63. The molecule has 1 unspecified atom stereocenters. The van der Waals surface area contributed by atoms with Crippen LogP contribution in [0, 0.1) is 11.3 Å². The molecule has 2 aromatic rings. The number of fused-ring (bicyclic) bond motifs is 1. The molecule has 1 saturated heterocycles. The van der Waals surface area contributed by atoms with E-state index in [2.05, 4.69) is 5.10 Å². The lowest BCUT2D eigenvalue weighted by Crippen LogP contribution is -2.41.